The fraction of sp³-hybridized carbons (Fsp3) is 0.238. The van der Waals surface area contributed by atoms with Crippen molar-refractivity contribution in [2.24, 2.45) is 5.92 Å². The lowest BCUT2D eigenvalue weighted by atomic mass is 10.1. The maximum absolute atomic E-state index is 13.0. The zero-order valence-corrected chi connectivity index (χ0v) is 18.6. The van der Waals surface area contributed by atoms with Crippen LogP contribution >= 0.6 is 23.2 Å². The highest BCUT2D eigenvalue weighted by Gasteiger charge is 2.37. The first-order valence-electron chi connectivity index (χ1n) is 9.65. The average Bonchev–Trinajstić information content (AvgIpc) is 3.13. The van der Waals surface area contributed by atoms with Gasteiger partial charge in [-0.3, -0.25) is 29.6 Å². The van der Waals surface area contributed by atoms with Gasteiger partial charge in [0.25, 0.3) is 11.8 Å². The number of hydrogen-bond donors (Lipinski definition) is 2. The van der Waals surface area contributed by atoms with Gasteiger partial charge in [-0.1, -0.05) is 35.3 Å². The third-order valence-electron chi connectivity index (χ3n) is 4.73. The second kappa shape index (κ2) is 10.3. The van der Waals surface area contributed by atoms with Crippen LogP contribution < -0.4 is 10.7 Å². The highest BCUT2D eigenvalue weighted by molar-refractivity contribution is 6.42. The van der Waals surface area contributed by atoms with Gasteiger partial charge in [0.15, 0.2) is 6.61 Å². The Balaban J connectivity index is 1.52. The summed E-state index contributed by atoms with van der Waals surface area (Å²) >= 11 is 11.7. The van der Waals surface area contributed by atoms with E-state index in [9.17, 15) is 32.3 Å². The third-order valence-corrected chi connectivity index (χ3v) is 5.47. The van der Waals surface area contributed by atoms with E-state index in [1.807, 2.05) is 5.32 Å². The molecule has 1 aliphatic heterocycles. The van der Waals surface area contributed by atoms with Gasteiger partial charge in [0.2, 0.25) is 5.91 Å². The summed E-state index contributed by atoms with van der Waals surface area (Å²) in [5.41, 5.74) is 0.938. The first-order valence-corrected chi connectivity index (χ1v) is 10.4. The Kier molecular flexibility index (Phi) is 7.68. The van der Waals surface area contributed by atoms with E-state index in [-0.39, 0.29) is 28.6 Å². The number of halogens is 5. The van der Waals surface area contributed by atoms with Gasteiger partial charge in [-0.15, -0.1) is 0 Å². The molecule has 0 aromatic heterocycles. The fourth-order valence-electron chi connectivity index (χ4n) is 3.08. The minimum absolute atomic E-state index is 0.129. The molecule has 1 fully saturated rings. The lowest BCUT2D eigenvalue weighted by Crippen LogP contribution is -2.43. The van der Waals surface area contributed by atoms with Crippen molar-refractivity contribution in [1.82, 2.24) is 10.4 Å². The number of anilines is 1. The number of para-hydroxylation sites is 1. The molecule has 0 saturated carbocycles. The molecular weight excluding hydrogens is 502 g/mol. The van der Waals surface area contributed by atoms with Crippen LogP contribution in [0.3, 0.4) is 0 Å². The molecule has 0 aliphatic carbocycles. The molecule has 1 saturated heterocycles. The Morgan fingerprint density at radius 3 is 2.47 bits per heavy atom. The van der Waals surface area contributed by atoms with Crippen LogP contribution in [0, 0.1) is 5.92 Å². The van der Waals surface area contributed by atoms with Crippen LogP contribution in [0.5, 0.6) is 0 Å². The number of hydrogen-bond acceptors (Lipinski definition) is 5. The molecule has 0 bridgehead atoms. The fourth-order valence-corrected chi connectivity index (χ4v) is 3.38. The Labute approximate surface area is 200 Å². The molecule has 3 amide bonds. The summed E-state index contributed by atoms with van der Waals surface area (Å²) in [6, 6.07) is 8.44. The quantitative estimate of drug-likeness (QED) is 0.568. The van der Waals surface area contributed by atoms with Gasteiger partial charge < -0.3 is 10.1 Å². The number of carbonyl (C=O) groups is 4. The van der Waals surface area contributed by atoms with E-state index >= 15 is 0 Å². The molecule has 34 heavy (non-hydrogen) atoms. The van der Waals surface area contributed by atoms with Gasteiger partial charge >= 0.3 is 12.1 Å². The highest BCUT2D eigenvalue weighted by atomic mass is 35.5. The zero-order chi connectivity index (χ0) is 25.0. The second-order valence-corrected chi connectivity index (χ2v) is 7.99. The molecule has 0 spiro atoms. The molecular formula is C21H16Cl2F3N3O5. The number of hydrazine groups is 1. The molecule has 13 heteroatoms. The van der Waals surface area contributed by atoms with Gasteiger partial charge in [0.1, 0.15) is 0 Å². The van der Waals surface area contributed by atoms with Gasteiger partial charge in [0, 0.05) is 12.0 Å². The maximum Gasteiger partial charge on any atom is 0.418 e. The third kappa shape index (κ3) is 6.17. The Bertz CT molecular complexity index is 1140. The molecule has 1 aliphatic rings. The molecule has 0 unspecified atom stereocenters. The van der Waals surface area contributed by atoms with Crippen molar-refractivity contribution < 1.29 is 37.1 Å². The number of rotatable bonds is 6. The summed E-state index contributed by atoms with van der Waals surface area (Å²) < 4.78 is 43.9. The van der Waals surface area contributed by atoms with Crippen LogP contribution in [0.25, 0.3) is 0 Å². The van der Waals surface area contributed by atoms with E-state index in [1.54, 1.807) is 0 Å². The van der Waals surface area contributed by atoms with Crippen LogP contribution in [-0.2, 0) is 25.3 Å². The maximum atomic E-state index is 13.0. The number of carbonyl (C=O) groups excluding carboxylic acids is 4. The molecule has 2 aromatic carbocycles. The molecule has 8 nitrogen and oxygen atoms in total. The van der Waals surface area contributed by atoms with Crippen molar-refractivity contribution in [3.63, 3.8) is 0 Å². The summed E-state index contributed by atoms with van der Waals surface area (Å²) in [6.07, 6.45) is -4.98. The van der Waals surface area contributed by atoms with E-state index in [2.05, 4.69) is 5.43 Å². The van der Waals surface area contributed by atoms with Crippen LogP contribution in [0.1, 0.15) is 22.3 Å². The predicted octanol–water partition coefficient (Wildman–Crippen LogP) is 3.69. The SMILES string of the molecule is O=C(COC(=O)[C@@H]1CC(=O)N(NC(=O)c2ccc(Cl)c(Cl)c2)C1)Nc1ccccc1C(F)(F)F. The van der Waals surface area contributed by atoms with Gasteiger partial charge in [-0.05, 0) is 30.3 Å². The van der Waals surface area contributed by atoms with E-state index < -0.39 is 53.6 Å². The topological polar surface area (TPSA) is 105 Å². The van der Waals surface area contributed by atoms with E-state index in [0.29, 0.717) is 0 Å². The molecule has 180 valence electrons. The van der Waals surface area contributed by atoms with Crippen molar-refractivity contribution in [2.75, 3.05) is 18.5 Å². The summed E-state index contributed by atoms with van der Waals surface area (Å²) in [6.45, 7) is -1.07. The van der Waals surface area contributed by atoms with Gasteiger partial charge in [0.05, 0.1) is 33.8 Å². The minimum atomic E-state index is -4.68. The largest absolute Gasteiger partial charge is 0.455 e. The number of nitrogens with one attached hydrogen (secondary N) is 2. The molecule has 2 N–H and O–H groups in total. The summed E-state index contributed by atoms with van der Waals surface area (Å²) in [5, 5.41) is 3.35. The number of esters is 1. The number of nitrogens with zero attached hydrogens (tertiary/aromatic N) is 1. The van der Waals surface area contributed by atoms with Crippen LogP contribution in [-0.4, -0.2) is 41.9 Å². The van der Waals surface area contributed by atoms with Crippen molar-refractivity contribution in [3.8, 4) is 0 Å². The minimum Gasteiger partial charge on any atom is -0.455 e. The molecule has 1 atom stereocenters. The summed E-state index contributed by atoms with van der Waals surface area (Å²) in [7, 11) is 0. The lowest BCUT2D eigenvalue weighted by molar-refractivity contribution is -0.151. The summed E-state index contributed by atoms with van der Waals surface area (Å²) in [5.74, 6) is -4.13. The molecule has 1 heterocycles. The molecule has 0 radical (unpaired) electrons. The number of alkyl halides is 3. The predicted molar refractivity (Wildman–Crippen MR) is 115 cm³/mol. The van der Waals surface area contributed by atoms with Crippen LogP contribution in [0.15, 0.2) is 42.5 Å². The van der Waals surface area contributed by atoms with E-state index in [0.717, 1.165) is 17.1 Å². The number of amides is 3. The molecule has 3 rings (SSSR count). The van der Waals surface area contributed by atoms with Crippen molar-refractivity contribution in [3.05, 3.63) is 63.6 Å². The Morgan fingerprint density at radius 1 is 1.09 bits per heavy atom. The number of ether oxygens (including phenoxy) is 1. The van der Waals surface area contributed by atoms with Crippen LogP contribution in [0.4, 0.5) is 18.9 Å². The van der Waals surface area contributed by atoms with Crippen LogP contribution in [0.2, 0.25) is 10.0 Å². The lowest BCUT2D eigenvalue weighted by Gasteiger charge is -2.18. The van der Waals surface area contributed by atoms with Gasteiger partial charge in [-0.2, -0.15) is 13.2 Å². The highest BCUT2D eigenvalue weighted by Crippen LogP contribution is 2.34. The smallest absolute Gasteiger partial charge is 0.418 e. The van der Waals surface area contributed by atoms with Crippen molar-refractivity contribution >= 4 is 52.6 Å². The normalized spacial score (nSPS) is 15.7. The summed E-state index contributed by atoms with van der Waals surface area (Å²) in [4.78, 5) is 48.7. The van der Waals surface area contributed by atoms with E-state index in [1.165, 1.54) is 30.3 Å². The number of benzene rings is 2. The van der Waals surface area contributed by atoms with Crippen molar-refractivity contribution in [1.29, 1.82) is 0 Å². The zero-order valence-electron chi connectivity index (χ0n) is 17.1. The standard InChI is InChI=1S/C21H16Cl2F3N3O5/c22-14-6-5-11(7-15(14)23)19(32)28-29-9-12(8-18(29)31)20(33)34-10-17(30)27-16-4-2-1-3-13(16)21(24,25)26/h1-7,12H,8-10H2,(H,27,30)(H,28,32)/t12-/m1/s1. The Hall–Kier alpha value is -3.31. The average molecular weight is 518 g/mol. The first-order chi connectivity index (χ1) is 16.0. The van der Waals surface area contributed by atoms with E-state index in [4.69, 9.17) is 27.9 Å². The molecule has 2 aromatic rings. The Morgan fingerprint density at radius 2 is 1.79 bits per heavy atom. The van der Waals surface area contributed by atoms with Crippen molar-refractivity contribution in [2.45, 2.75) is 12.6 Å². The first kappa shape index (κ1) is 25.3. The van der Waals surface area contributed by atoms with Gasteiger partial charge in [-0.25, -0.2) is 0 Å². The second-order valence-electron chi connectivity index (χ2n) is 7.17. The monoisotopic (exact) mass is 517 g/mol.